The van der Waals surface area contributed by atoms with Crippen LogP contribution in [0.15, 0.2) is 37.1 Å². The minimum absolute atomic E-state index is 0.177. The highest BCUT2D eigenvalue weighted by Gasteiger charge is 2.24. The number of imidazole rings is 1. The minimum Gasteiger partial charge on any atom is -0.437 e. The zero-order valence-corrected chi connectivity index (χ0v) is 12.0. The molecule has 0 bridgehead atoms. The Kier molecular flexibility index (Phi) is 5.61. The van der Waals surface area contributed by atoms with Crippen molar-refractivity contribution in [3.05, 3.63) is 48.3 Å². The normalized spacial score (nSPS) is 11.7. The number of hydrogen-bond donors (Lipinski definition) is 2. The van der Waals surface area contributed by atoms with Crippen LogP contribution in [-0.4, -0.2) is 46.8 Å². The lowest BCUT2D eigenvalue weighted by atomic mass is 10.1. The van der Waals surface area contributed by atoms with Gasteiger partial charge in [0.15, 0.2) is 6.79 Å². The van der Waals surface area contributed by atoms with E-state index >= 15 is 0 Å². The van der Waals surface area contributed by atoms with E-state index in [-0.39, 0.29) is 19.1 Å². The van der Waals surface area contributed by atoms with Crippen molar-refractivity contribution in [2.75, 3.05) is 13.9 Å². The molecule has 0 aliphatic heterocycles. The van der Waals surface area contributed by atoms with E-state index in [0.717, 1.165) is 0 Å². The molecule has 1 amide bonds. The Hall–Kier alpha value is -2.74. The molecule has 0 aromatic carbocycles. The number of aromatic nitrogens is 3. The first-order chi connectivity index (χ1) is 10.7. The number of amides is 1. The van der Waals surface area contributed by atoms with Gasteiger partial charge in [-0.3, -0.25) is 9.78 Å². The number of hydrogen-bond acceptors (Lipinski definition) is 6. The van der Waals surface area contributed by atoms with Crippen molar-refractivity contribution in [3.63, 3.8) is 0 Å². The SMILES string of the molecule is COCOC(=O)[C@@H](Cc1cnc[nH]1)NC(=O)c1ccncc1. The van der Waals surface area contributed by atoms with Gasteiger partial charge in [0.05, 0.1) is 6.33 Å². The van der Waals surface area contributed by atoms with Gasteiger partial charge < -0.3 is 19.8 Å². The molecule has 2 N–H and O–H groups in total. The van der Waals surface area contributed by atoms with Crippen LogP contribution in [0.1, 0.15) is 16.1 Å². The molecular weight excluding hydrogens is 288 g/mol. The van der Waals surface area contributed by atoms with Crippen LogP contribution in [0, 0.1) is 0 Å². The number of ether oxygens (including phenoxy) is 2. The van der Waals surface area contributed by atoms with E-state index in [0.29, 0.717) is 11.3 Å². The zero-order valence-electron chi connectivity index (χ0n) is 12.0. The minimum atomic E-state index is -0.851. The smallest absolute Gasteiger partial charge is 0.331 e. The Bertz CT molecular complexity index is 601. The van der Waals surface area contributed by atoms with Crippen molar-refractivity contribution >= 4 is 11.9 Å². The Balaban J connectivity index is 2.06. The highest BCUT2D eigenvalue weighted by atomic mass is 16.7. The molecule has 116 valence electrons. The standard InChI is InChI=1S/C14H16N4O4/c1-21-9-22-14(20)12(6-11-7-16-8-17-11)18-13(19)10-2-4-15-5-3-10/h2-5,7-8,12H,6,9H2,1H3,(H,16,17)(H,18,19)/t12-/m1/s1. The fourth-order valence-electron chi connectivity index (χ4n) is 1.77. The van der Waals surface area contributed by atoms with Gasteiger partial charge in [0.25, 0.3) is 5.91 Å². The van der Waals surface area contributed by atoms with E-state index in [1.165, 1.54) is 25.8 Å². The molecule has 2 heterocycles. The molecule has 2 rings (SSSR count). The molecule has 22 heavy (non-hydrogen) atoms. The summed E-state index contributed by atoms with van der Waals surface area (Å²) in [6, 6.07) is 2.27. The van der Waals surface area contributed by atoms with Crippen LogP contribution in [0.2, 0.25) is 0 Å². The molecule has 8 nitrogen and oxygen atoms in total. The summed E-state index contributed by atoms with van der Waals surface area (Å²) < 4.78 is 9.62. The largest absolute Gasteiger partial charge is 0.437 e. The maximum atomic E-state index is 12.2. The third-order valence-corrected chi connectivity index (χ3v) is 2.83. The lowest BCUT2D eigenvalue weighted by Gasteiger charge is -2.16. The molecular formula is C14H16N4O4. The van der Waals surface area contributed by atoms with E-state index in [2.05, 4.69) is 20.3 Å². The van der Waals surface area contributed by atoms with Crippen LogP contribution in [0.3, 0.4) is 0 Å². The maximum absolute atomic E-state index is 12.2. The summed E-state index contributed by atoms with van der Waals surface area (Å²) in [6.07, 6.45) is 6.32. The molecule has 0 spiro atoms. The molecule has 0 fully saturated rings. The van der Waals surface area contributed by atoms with Gasteiger partial charge in [-0.25, -0.2) is 9.78 Å². The maximum Gasteiger partial charge on any atom is 0.331 e. The summed E-state index contributed by atoms with van der Waals surface area (Å²) in [7, 11) is 1.41. The molecule has 2 aromatic heterocycles. The zero-order chi connectivity index (χ0) is 15.8. The third-order valence-electron chi connectivity index (χ3n) is 2.83. The van der Waals surface area contributed by atoms with E-state index in [1.54, 1.807) is 18.3 Å². The molecule has 0 saturated carbocycles. The Morgan fingerprint density at radius 2 is 2.09 bits per heavy atom. The van der Waals surface area contributed by atoms with E-state index in [4.69, 9.17) is 9.47 Å². The number of methoxy groups -OCH3 is 1. The van der Waals surface area contributed by atoms with Crippen LogP contribution in [0.4, 0.5) is 0 Å². The number of pyridine rings is 1. The molecule has 1 atom stereocenters. The molecule has 0 aliphatic carbocycles. The predicted molar refractivity (Wildman–Crippen MR) is 75.8 cm³/mol. The van der Waals surface area contributed by atoms with Gasteiger partial charge in [0, 0.05) is 43.4 Å². The van der Waals surface area contributed by atoms with Crippen LogP contribution in [0.5, 0.6) is 0 Å². The number of esters is 1. The van der Waals surface area contributed by atoms with Gasteiger partial charge in [0.1, 0.15) is 6.04 Å². The Morgan fingerprint density at radius 1 is 1.32 bits per heavy atom. The Labute approximate surface area is 126 Å². The van der Waals surface area contributed by atoms with Gasteiger partial charge in [-0.05, 0) is 12.1 Å². The fourth-order valence-corrected chi connectivity index (χ4v) is 1.77. The first kappa shape index (κ1) is 15.6. The molecule has 0 aliphatic rings. The van der Waals surface area contributed by atoms with Crippen molar-refractivity contribution in [1.29, 1.82) is 0 Å². The second-order valence-corrected chi connectivity index (χ2v) is 4.41. The molecule has 8 heteroatoms. The predicted octanol–water partition coefficient (Wildman–Crippen LogP) is 0.293. The highest BCUT2D eigenvalue weighted by Crippen LogP contribution is 2.04. The number of nitrogens with one attached hydrogen (secondary N) is 2. The fraction of sp³-hybridized carbons (Fsp3) is 0.286. The van der Waals surface area contributed by atoms with Crippen molar-refractivity contribution in [3.8, 4) is 0 Å². The number of aromatic amines is 1. The van der Waals surface area contributed by atoms with Crippen LogP contribution < -0.4 is 5.32 Å². The van der Waals surface area contributed by atoms with Gasteiger partial charge in [-0.1, -0.05) is 0 Å². The first-order valence-corrected chi connectivity index (χ1v) is 6.54. The quantitative estimate of drug-likeness (QED) is 0.562. The van der Waals surface area contributed by atoms with Crippen LogP contribution in [0.25, 0.3) is 0 Å². The summed E-state index contributed by atoms with van der Waals surface area (Å²) >= 11 is 0. The van der Waals surface area contributed by atoms with E-state index in [1.807, 2.05) is 0 Å². The van der Waals surface area contributed by atoms with Crippen LogP contribution >= 0.6 is 0 Å². The monoisotopic (exact) mass is 304 g/mol. The number of carbonyl (C=O) groups excluding carboxylic acids is 2. The van der Waals surface area contributed by atoms with E-state index in [9.17, 15) is 9.59 Å². The van der Waals surface area contributed by atoms with Gasteiger partial charge in [-0.2, -0.15) is 0 Å². The second kappa shape index (κ2) is 7.89. The lowest BCUT2D eigenvalue weighted by molar-refractivity contribution is -0.156. The average Bonchev–Trinajstić information content (AvgIpc) is 3.05. The number of rotatable bonds is 7. The second-order valence-electron chi connectivity index (χ2n) is 4.41. The third kappa shape index (κ3) is 4.38. The molecule has 0 saturated heterocycles. The number of nitrogens with zero attached hydrogens (tertiary/aromatic N) is 2. The molecule has 0 radical (unpaired) electrons. The summed E-state index contributed by atoms with van der Waals surface area (Å²) in [4.78, 5) is 34.8. The summed E-state index contributed by atoms with van der Waals surface area (Å²) in [5.41, 5.74) is 1.11. The highest BCUT2D eigenvalue weighted by molar-refractivity contribution is 5.96. The van der Waals surface area contributed by atoms with Crippen molar-refractivity contribution in [2.24, 2.45) is 0 Å². The summed E-state index contributed by atoms with van der Waals surface area (Å²) in [5, 5.41) is 2.64. The Morgan fingerprint density at radius 3 is 2.73 bits per heavy atom. The summed E-state index contributed by atoms with van der Waals surface area (Å²) in [5.74, 6) is -0.972. The van der Waals surface area contributed by atoms with Crippen molar-refractivity contribution in [1.82, 2.24) is 20.3 Å². The molecule has 0 unspecified atom stereocenters. The lowest BCUT2D eigenvalue weighted by Crippen LogP contribution is -2.43. The topological polar surface area (TPSA) is 106 Å². The van der Waals surface area contributed by atoms with Gasteiger partial charge in [0.2, 0.25) is 0 Å². The average molecular weight is 304 g/mol. The first-order valence-electron chi connectivity index (χ1n) is 6.54. The molecule has 2 aromatic rings. The van der Waals surface area contributed by atoms with E-state index < -0.39 is 12.0 Å². The van der Waals surface area contributed by atoms with Crippen molar-refractivity contribution < 1.29 is 19.1 Å². The summed E-state index contributed by atoms with van der Waals surface area (Å²) in [6.45, 7) is -0.177. The van der Waals surface area contributed by atoms with Crippen LogP contribution in [-0.2, 0) is 20.7 Å². The number of carbonyl (C=O) groups is 2. The van der Waals surface area contributed by atoms with Gasteiger partial charge in [-0.15, -0.1) is 0 Å². The van der Waals surface area contributed by atoms with Gasteiger partial charge >= 0.3 is 5.97 Å². The number of H-pyrrole nitrogens is 1. The van der Waals surface area contributed by atoms with Crippen molar-refractivity contribution in [2.45, 2.75) is 12.5 Å².